The predicted molar refractivity (Wildman–Crippen MR) is 82.7 cm³/mol. The molecule has 1 saturated heterocycles. The van der Waals surface area contributed by atoms with Crippen molar-refractivity contribution in [2.75, 3.05) is 11.9 Å². The van der Waals surface area contributed by atoms with Crippen molar-refractivity contribution in [3.63, 3.8) is 0 Å². The van der Waals surface area contributed by atoms with Crippen molar-refractivity contribution in [3.8, 4) is 0 Å². The zero-order valence-corrected chi connectivity index (χ0v) is 12.1. The molecule has 1 N–H and O–H groups in total. The van der Waals surface area contributed by atoms with Crippen molar-refractivity contribution >= 4 is 17.0 Å². The number of rotatable bonds is 4. The fourth-order valence-electron chi connectivity index (χ4n) is 2.80. The topological polar surface area (TPSA) is 15.3 Å². The number of hydrogen-bond acceptors (Lipinski definition) is 3. The van der Waals surface area contributed by atoms with Gasteiger partial charge in [-0.2, -0.15) is 11.3 Å². The Kier molecular flexibility index (Phi) is 3.85. The molecule has 1 aromatic heterocycles. The van der Waals surface area contributed by atoms with Crippen LogP contribution in [0.2, 0.25) is 0 Å². The van der Waals surface area contributed by atoms with E-state index in [9.17, 15) is 0 Å². The Labute approximate surface area is 119 Å². The minimum Gasteiger partial charge on any atom is -0.380 e. The van der Waals surface area contributed by atoms with Crippen LogP contribution in [0.25, 0.3) is 0 Å². The Bertz CT molecular complexity index is 495. The minimum absolute atomic E-state index is 0.568. The second kappa shape index (κ2) is 5.76. The number of anilines is 1. The van der Waals surface area contributed by atoms with E-state index in [-0.39, 0.29) is 0 Å². The van der Waals surface area contributed by atoms with Crippen LogP contribution in [0.4, 0.5) is 5.69 Å². The molecule has 2 aromatic rings. The lowest BCUT2D eigenvalue weighted by Gasteiger charge is -2.25. The van der Waals surface area contributed by atoms with Crippen molar-refractivity contribution in [1.82, 2.24) is 4.90 Å². The normalized spacial score (nSPS) is 23.6. The van der Waals surface area contributed by atoms with Gasteiger partial charge in [0.2, 0.25) is 0 Å². The van der Waals surface area contributed by atoms with E-state index in [0.717, 1.165) is 6.54 Å². The van der Waals surface area contributed by atoms with Crippen molar-refractivity contribution in [3.05, 3.63) is 52.7 Å². The first-order chi connectivity index (χ1) is 9.33. The quantitative estimate of drug-likeness (QED) is 0.910. The molecule has 1 fully saturated rings. The second-order valence-electron chi connectivity index (χ2n) is 5.25. The van der Waals surface area contributed by atoms with Crippen molar-refractivity contribution in [2.45, 2.75) is 32.0 Å². The molecule has 2 nitrogen and oxygen atoms in total. The number of nitrogens with one attached hydrogen (secondary N) is 1. The van der Waals surface area contributed by atoms with E-state index in [0.29, 0.717) is 12.1 Å². The summed E-state index contributed by atoms with van der Waals surface area (Å²) < 4.78 is 0. The highest BCUT2D eigenvalue weighted by molar-refractivity contribution is 7.08. The largest absolute Gasteiger partial charge is 0.380 e. The Morgan fingerprint density at radius 1 is 1.26 bits per heavy atom. The van der Waals surface area contributed by atoms with Gasteiger partial charge in [-0.05, 0) is 30.4 Å². The van der Waals surface area contributed by atoms with E-state index in [1.807, 2.05) is 0 Å². The first-order valence-electron chi connectivity index (χ1n) is 6.89. The summed E-state index contributed by atoms with van der Waals surface area (Å²) in [5, 5.41) is 7.97. The summed E-state index contributed by atoms with van der Waals surface area (Å²) in [5.74, 6) is 0. The van der Waals surface area contributed by atoms with Gasteiger partial charge in [-0.15, -0.1) is 0 Å². The predicted octanol–water partition coefficient (Wildman–Crippen LogP) is 3.82. The van der Waals surface area contributed by atoms with Crippen LogP contribution in [-0.4, -0.2) is 23.5 Å². The van der Waals surface area contributed by atoms with Gasteiger partial charge in [0.05, 0.1) is 0 Å². The van der Waals surface area contributed by atoms with E-state index in [4.69, 9.17) is 0 Å². The van der Waals surface area contributed by atoms with Gasteiger partial charge in [-0.25, -0.2) is 0 Å². The van der Waals surface area contributed by atoms with Crippen LogP contribution in [-0.2, 0) is 6.54 Å². The van der Waals surface area contributed by atoms with E-state index in [2.05, 4.69) is 64.3 Å². The van der Waals surface area contributed by atoms with Gasteiger partial charge >= 0.3 is 0 Å². The van der Waals surface area contributed by atoms with Gasteiger partial charge < -0.3 is 5.32 Å². The van der Waals surface area contributed by atoms with Gasteiger partial charge in [0, 0.05) is 36.2 Å². The molecule has 0 aliphatic carbocycles. The lowest BCUT2D eigenvalue weighted by Crippen LogP contribution is -2.35. The monoisotopic (exact) mass is 272 g/mol. The molecule has 1 aliphatic heterocycles. The highest BCUT2D eigenvalue weighted by Gasteiger charge is 2.30. The third-order valence-corrected chi connectivity index (χ3v) is 4.67. The molecule has 0 amide bonds. The Hall–Kier alpha value is -1.32. The molecule has 2 heterocycles. The lowest BCUT2D eigenvalue weighted by molar-refractivity contribution is 0.255. The number of likely N-dealkylation sites (tertiary alicyclic amines) is 1. The molecule has 0 bridgehead atoms. The second-order valence-corrected chi connectivity index (χ2v) is 6.03. The molecular formula is C16H20N2S. The maximum Gasteiger partial charge on any atom is 0.0451 e. The summed E-state index contributed by atoms with van der Waals surface area (Å²) in [4.78, 5) is 2.57. The van der Waals surface area contributed by atoms with Crippen LogP contribution >= 0.6 is 11.3 Å². The van der Waals surface area contributed by atoms with E-state index in [1.165, 1.54) is 24.2 Å². The maximum atomic E-state index is 3.66. The Morgan fingerprint density at radius 2 is 2.11 bits per heavy atom. The minimum atomic E-state index is 0.568. The van der Waals surface area contributed by atoms with Crippen LogP contribution in [0.1, 0.15) is 18.9 Å². The highest BCUT2D eigenvalue weighted by Crippen LogP contribution is 2.24. The number of hydrogen-bond donors (Lipinski definition) is 1. The summed E-state index contributed by atoms with van der Waals surface area (Å²) in [6.45, 7) is 4.57. The summed E-state index contributed by atoms with van der Waals surface area (Å²) in [5.41, 5.74) is 2.67. The molecule has 19 heavy (non-hydrogen) atoms. The zero-order chi connectivity index (χ0) is 13.1. The summed E-state index contributed by atoms with van der Waals surface area (Å²) in [6, 6.07) is 14.1. The van der Waals surface area contributed by atoms with Gasteiger partial charge in [-0.1, -0.05) is 30.3 Å². The van der Waals surface area contributed by atoms with Gasteiger partial charge in [0.1, 0.15) is 0 Å². The Morgan fingerprint density at radius 3 is 2.84 bits per heavy atom. The highest BCUT2D eigenvalue weighted by atomic mass is 32.1. The first-order valence-corrected chi connectivity index (χ1v) is 7.84. The molecule has 100 valence electrons. The smallest absolute Gasteiger partial charge is 0.0451 e. The summed E-state index contributed by atoms with van der Waals surface area (Å²) in [6.07, 6.45) is 1.23. The van der Waals surface area contributed by atoms with Crippen molar-refractivity contribution < 1.29 is 0 Å². The fourth-order valence-corrected chi connectivity index (χ4v) is 3.40. The van der Waals surface area contributed by atoms with Gasteiger partial charge in [-0.3, -0.25) is 4.90 Å². The number of thiophene rings is 1. The fraction of sp³-hybridized carbons (Fsp3) is 0.375. The molecule has 1 aliphatic rings. The van der Waals surface area contributed by atoms with E-state index in [1.54, 1.807) is 11.3 Å². The van der Waals surface area contributed by atoms with Crippen LogP contribution in [0.5, 0.6) is 0 Å². The first kappa shape index (κ1) is 12.7. The molecule has 2 unspecified atom stereocenters. The van der Waals surface area contributed by atoms with Crippen molar-refractivity contribution in [2.24, 2.45) is 0 Å². The average molecular weight is 272 g/mol. The van der Waals surface area contributed by atoms with E-state index < -0.39 is 0 Å². The molecule has 1 aromatic carbocycles. The Balaban J connectivity index is 1.60. The SMILES string of the molecule is CC1C(Nc2ccsc2)CCN1Cc1ccccc1. The molecule has 0 radical (unpaired) electrons. The van der Waals surface area contributed by atoms with Crippen LogP contribution in [0.15, 0.2) is 47.2 Å². The van der Waals surface area contributed by atoms with Gasteiger partial charge in [0.25, 0.3) is 0 Å². The summed E-state index contributed by atoms with van der Waals surface area (Å²) in [7, 11) is 0. The summed E-state index contributed by atoms with van der Waals surface area (Å²) >= 11 is 1.75. The molecule has 0 saturated carbocycles. The molecular weight excluding hydrogens is 252 g/mol. The van der Waals surface area contributed by atoms with Gasteiger partial charge in [0.15, 0.2) is 0 Å². The standard InChI is InChI=1S/C16H20N2S/c1-13-16(17-15-8-10-19-12-15)7-9-18(13)11-14-5-3-2-4-6-14/h2-6,8,10,12-13,16-17H,7,9,11H2,1H3. The molecule has 3 rings (SSSR count). The van der Waals surface area contributed by atoms with Crippen LogP contribution in [0.3, 0.4) is 0 Å². The van der Waals surface area contributed by atoms with Crippen molar-refractivity contribution in [1.29, 1.82) is 0 Å². The number of benzene rings is 1. The third-order valence-electron chi connectivity index (χ3n) is 3.99. The van der Waals surface area contributed by atoms with Crippen LogP contribution in [0, 0.1) is 0 Å². The number of nitrogens with zero attached hydrogens (tertiary/aromatic N) is 1. The van der Waals surface area contributed by atoms with E-state index >= 15 is 0 Å². The molecule has 3 heteroatoms. The average Bonchev–Trinajstić information content (AvgIpc) is 3.05. The zero-order valence-electron chi connectivity index (χ0n) is 11.3. The molecule has 2 atom stereocenters. The molecule has 0 spiro atoms. The van der Waals surface area contributed by atoms with Crippen LogP contribution < -0.4 is 5.32 Å². The maximum absolute atomic E-state index is 3.66. The lowest BCUT2D eigenvalue weighted by atomic mass is 10.1. The third kappa shape index (κ3) is 2.99.